The molecule has 0 saturated carbocycles. The van der Waals surface area contributed by atoms with E-state index in [0.29, 0.717) is 5.69 Å². The molecule has 3 nitrogen and oxygen atoms in total. The minimum atomic E-state index is 0.341. The van der Waals surface area contributed by atoms with Gasteiger partial charge in [0.1, 0.15) is 6.07 Å². The SMILES string of the molecule is C=Cc1ncc(C#N)nc1C. The van der Waals surface area contributed by atoms with Gasteiger partial charge in [-0.05, 0) is 13.0 Å². The van der Waals surface area contributed by atoms with Gasteiger partial charge in [-0.1, -0.05) is 6.58 Å². The van der Waals surface area contributed by atoms with Crippen molar-refractivity contribution in [3.63, 3.8) is 0 Å². The van der Waals surface area contributed by atoms with Gasteiger partial charge in [-0.2, -0.15) is 5.26 Å². The molecule has 0 N–H and O–H groups in total. The summed E-state index contributed by atoms with van der Waals surface area (Å²) >= 11 is 0. The molecule has 0 radical (unpaired) electrons. The molecule has 1 rings (SSSR count). The summed E-state index contributed by atoms with van der Waals surface area (Å²) in [7, 11) is 0. The predicted molar refractivity (Wildman–Crippen MR) is 41.6 cm³/mol. The van der Waals surface area contributed by atoms with Gasteiger partial charge in [0.05, 0.1) is 17.6 Å². The van der Waals surface area contributed by atoms with Crippen LogP contribution in [0.3, 0.4) is 0 Å². The van der Waals surface area contributed by atoms with Crippen molar-refractivity contribution in [3.05, 3.63) is 29.9 Å². The summed E-state index contributed by atoms with van der Waals surface area (Å²) in [5.41, 5.74) is 1.80. The Morgan fingerprint density at radius 2 is 2.45 bits per heavy atom. The molecule has 0 saturated heterocycles. The van der Waals surface area contributed by atoms with Crippen LogP contribution in [0.1, 0.15) is 17.1 Å². The zero-order valence-electron chi connectivity index (χ0n) is 6.20. The third-order valence-corrected chi connectivity index (χ3v) is 1.29. The minimum absolute atomic E-state index is 0.341. The van der Waals surface area contributed by atoms with E-state index in [0.717, 1.165) is 11.4 Å². The van der Waals surface area contributed by atoms with E-state index in [2.05, 4.69) is 16.5 Å². The van der Waals surface area contributed by atoms with Crippen molar-refractivity contribution >= 4 is 6.08 Å². The highest BCUT2D eigenvalue weighted by atomic mass is 14.8. The van der Waals surface area contributed by atoms with Crippen molar-refractivity contribution in [1.29, 1.82) is 5.26 Å². The van der Waals surface area contributed by atoms with E-state index in [1.54, 1.807) is 13.0 Å². The van der Waals surface area contributed by atoms with Crippen LogP contribution in [-0.2, 0) is 0 Å². The quantitative estimate of drug-likeness (QED) is 0.598. The Hall–Kier alpha value is -1.69. The fraction of sp³-hybridized carbons (Fsp3) is 0.125. The van der Waals surface area contributed by atoms with E-state index >= 15 is 0 Å². The Kier molecular flexibility index (Phi) is 1.98. The number of aryl methyl sites for hydroxylation is 1. The number of nitriles is 1. The normalized spacial score (nSPS) is 8.73. The Morgan fingerprint density at radius 1 is 1.73 bits per heavy atom. The van der Waals surface area contributed by atoms with Crippen molar-refractivity contribution in [2.45, 2.75) is 6.92 Å². The van der Waals surface area contributed by atoms with Gasteiger partial charge in [-0.15, -0.1) is 0 Å². The van der Waals surface area contributed by atoms with Gasteiger partial charge >= 0.3 is 0 Å². The first kappa shape index (κ1) is 7.42. The predicted octanol–water partition coefficient (Wildman–Crippen LogP) is 1.30. The number of rotatable bonds is 1. The van der Waals surface area contributed by atoms with Crippen LogP contribution in [0.2, 0.25) is 0 Å². The first-order valence-corrected chi connectivity index (χ1v) is 3.14. The number of nitrogens with zero attached hydrogens (tertiary/aromatic N) is 3. The summed E-state index contributed by atoms with van der Waals surface area (Å²) < 4.78 is 0. The Balaban J connectivity index is 3.22. The van der Waals surface area contributed by atoms with Gasteiger partial charge in [-0.3, -0.25) is 4.98 Å². The number of hydrogen-bond donors (Lipinski definition) is 0. The lowest BCUT2D eigenvalue weighted by Crippen LogP contribution is -1.93. The van der Waals surface area contributed by atoms with Crippen molar-refractivity contribution in [2.75, 3.05) is 0 Å². The largest absolute Gasteiger partial charge is 0.252 e. The molecule has 0 atom stereocenters. The topological polar surface area (TPSA) is 49.6 Å². The molecule has 54 valence electrons. The standard InChI is InChI=1S/C8H7N3/c1-3-8-6(2)11-7(4-9)5-10-8/h3,5H,1H2,2H3. The number of hydrogen-bond acceptors (Lipinski definition) is 3. The Labute approximate surface area is 65.0 Å². The highest BCUT2D eigenvalue weighted by Crippen LogP contribution is 2.02. The second-order valence-electron chi connectivity index (χ2n) is 2.04. The van der Waals surface area contributed by atoms with Gasteiger partial charge < -0.3 is 0 Å². The average Bonchev–Trinajstić information content (AvgIpc) is 2.04. The first-order valence-electron chi connectivity index (χ1n) is 3.14. The van der Waals surface area contributed by atoms with Crippen molar-refractivity contribution in [3.8, 4) is 6.07 Å². The maximum absolute atomic E-state index is 8.45. The highest BCUT2D eigenvalue weighted by molar-refractivity contribution is 5.44. The molecule has 0 spiro atoms. The zero-order chi connectivity index (χ0) is 8.27. The van der Waals surface area contributed by atoms with E-state index in [9.17, 15) is 0 Å². The van der Waals surface area contributed by atoms with Crippen molar-refractivity contribution in [2.24, 2.45) is 0 Å². The fourth-order valence-electron chi connectivity index (χ4n) is 0.745. The summed E-state index contributed by atoms with van der Waals surface area (Å²) in [4.78, 5) is 7.93. The van der Waals surface area contributed by atoms with Crippen LogP contribution in [0.15, 0.2) is 12.8 Å². The fourth-order valence-corrected chi connectivity index (χ4v) is 0.745. The summed E-state index contributed by atoms with van der Waals surface area (Å²) in [6, 6.07) is 1.91. The number of aromatic nitrogens is 2. The summed E-state index contributed by atoms with van der Waals surface area (Å²) in [5.74, 6) is 0. The molecule has 0 unspecified atom stereocenters. The molecular formula is C8H7N3. The van der Waals surface area contributed by atoms with Crippen LogP contribution in [0.5, 0.6) is 0 Å². The lowest BCUT2D eigenvalue weighted by Gasteiger charge is -1.96. The van der Waals surface area contributed by atoms with Crippen LogP contribution >= 0.6 is 0 Å². The van der Waals surface area contributed by atoms with E-state index in [-0.39, 0.29) is 0 Å². The summed E-state index contributed by atoms with van der Waals surface area (Å²) in [6.45, 7) is 5.36. The summed E-state index contributed by atoms with van der Waals surface area (Å²) in [6.07, 6.45) is 3.05. The average molecular weight is 145 g/mol. The second kappa shape index (κ2) is 2.93. The lowest BCUT2D eigenvalue weighted by molar-refractivity contribution is 1.07. The maximum atomic E-state index is 8.45. The Morgan fingerprint density at radius 3 is 2.91 bits per heavy atom. The molecule has 0 amide bonds. The van der Waals surface area contributed by atoms with Crippen LogP contribution in [-0.4, -0.2) is 9.97 Å². The lowest BCUT2D eigenvalue weighted by atomic mass is 10.3. The molecule has 3 heteroatoms. The zero-order valence-corrected chi connectivity index (χ0v) is 6.20. The molecule has 0 bridgehead atoms. The molecule has 1 aromatic heterocycles. The van der Waals surface area contributed by atoms with Crippen molar-refractivity contribution in [1.82, 2.24) is 9.97 Å². The molecular weight excluding hydrogens is 138 g/mol. The van der Waals surface area contributed by atoms with Gasteiger partial charge in [0.15, 0.2) is 5.69 Å². The van der Waals surface area contributed by atoms with E-state index in [1.165, 1.54) is 6.20 Å². The molecule has 0 fully saturated rings. The van der Waals surface area contributed by atoms with Gasteiger partial charge in [-0.25, -0.2) is 4.98 Å². The third kappa shape index (κ3) is 1.41. The minimum Gasteiger partial charge on any atom is -0.252 e. The molecule has 0 aromatic carbocycles. The van der Waals surface area contributed by atoms with E-state index in [4.69, 9.17) is 5.26 Å². The molecule has 1 aromatic rings. The highest BCUT2D eigenvalue weighted by Gasteiger charge is 1.97. The molecule has 1 heterocycles. The second-order valence-corrected chi connectivity index (χ2v) is 2.04. The maximum Gasteiger partial charge on any atom is 0.159 e. The van der Waals surface area contributed by atoms with Crippen LogP contribution in [0.25, 0.3) is 6.08 Å². The van der Waals surface area contributed by atoms with E-state index in [1.807, 2.05) is 6.07 Å². The van der Waals surface area contributed by atoms with Crippen LogP contribution in [0.4, 0.5) is 0 Å². The molecule has 0 aliphatic heterocycles. The van der Waals surface area contributed by atoms with Crippen molar-refractivity contribution < 1.29 is 0 Å². The molecule has 0 aliphatic rings. The van der Waals surface area contributed by atoms with Gasteiger partial charge in [0.25, 0.3) is 0 Å². The van der Waals surface area contributed by atoms with Crippen LogP contribution < -0.4 is 0 Å². The summed E-state index contributed by atoms with van der Waals surface area (Å²) in [5, 5.41) is 8.45. The van der Waals surface area contributed by atoms with Gasteiger partial charge in [0, 0.05) is 0 Å². The smallest absolute Gasteiger partial charge is 0.159 e. The Bertz CT molecular complexity index is 323. The monoisotopic (exact) mass is 145 g/mol. The third-order valence-electron chi connectivity index (χ3n) is 1.29. The van der Waals surface area contributed by atoms with E-state index < -0.39 is 0 Å². The molecule has 0 aliphatic carbocycles. The van der Waals surface area contributed by atoms with Crippen LogP contribution in [0, 0.1) is 18.3 Å². The first-order chi connectivity index (χ1) is 5.27. The van der Waals surface area contributed by atoms with Gasteiger partial charge in [0.2, 0.25) is 0 Å². The molecule has 11 heavy (non-hydrogen) atoms.